The first-order chi connectivity index (χ1) is 13.7. The lowest BCUT2D eigenvalue weighted by atomic mass is 9.93. The second-order valence-electron chi connectivity index (χ2n) is 7.71. The molecule has 1 unspecified atom stereocenters. The third-order valence-corrected chi connectivity index (χ3v) is 5.69. The largest absolute Gasteiger partial charge is 0.485 e. The Morgan fingerprint density at radius 1 is 1.18 bits per heavy atom. The summed E-state index contributed by atoms with van der Waals surface area (Å²) in [6.45, 7) is 7.87. The lowest BCUT2D eigenvalue weighted by Gasteiger charge is -2.35. The van der Waals surface area contributed by atoms with Crippen LogP contribution in [0.5, 0.6) is 5.75 Å². The van der Waals surface area contributed by atoms with Crippen molar-refractivity contribution in [2.75, 3.05) is 26.2 Å². The normalized spacial score (nSPS) is 22.6. The Balaban J connectivity index is 1.65. The highest BCUT2D eigenvalue weighted by molar-refractivity contribution is 5.92. The number of hydrogen-bond acceptors (Lipinski definition) is 4. The Hall–Kier alpha value is -2.66. The molecule has 5 heteroatoms. The van der Waals surface area contributed by atoms with Gasteiger partial charge in [-0.3, -0.25) is 14.7 Å². The Kier molecular flexibility index (Phi) is 5.44. The number of benzene rings is 1. The van der Waals surface area contributed by atoms with Crippen LogP contribution in [0.15, 0.2) is 61.3 Å². The summed E-state index contributed by atoms with van der Waals surface area (Å²) in [5.41, 5.74) is 1.17. The number of fused-ring (bicyclic) bond motifs is 1. The van der Waals surface area contributed by atoms with E-state index in [2.05, 4.69) is 16.5 Å². The number of rotatable bonds is 3. The van der Waals surface area contributed by atoms with Crippen LogP contribution in [0.4, 0.5) is 0 Å². The molecule has 28 heavy (non-hydrogen) atoms. The van der Waals surface area contributed by atoms with Gasteiger partial charge in [-0.25, -0.2) is 0 Å². The molecule has 1 saturated heterocycles. The highest BCUT2D eigenvalue weighted by Gasteiger charge is 2.40. The van der Waals surface area contributed by atoms with Crippen molar-refractivity contribution < 1.29 is 9.53 Å². The zero-order valence-electron chi connectivity index (χ0n) is 16.2. The molecule has 0 aliphatic carbocycles. The Morgan fingerprint density at radius 3 is 2.86 bits per heavy atom. The van der Waals surface area contributed by atoms with Gasteiger partial charge in [0.15, 0.2) is 0 Å². The molecule has 5 nitrogen and oxygen atoms in total. The molecule has 2 aliphatic rings. The van der Waals surface area contributed by atoms with Gasteiger partial charge in [0.2, 0.25) is 0 Å². The van der Waals surface area contributed by atoms with E-state index in [0.717, 1.165) is 50.2 Å². The highest BCUT2D eigenvalue weighted by atomic mass is 16.5. The first kappa shape index (κ1) is 18.7. The van der Waals surface area contributed by atoms with E-state index in [0.29, 0.717) is 18.8 Å². The molecule has 0 radical (unpaired) electrons. The molecule has 2 aromatic rings. The summed E-state index contributed by atoms with van der Waals surface area (Å²) in [6.07, 6.45) is 6.49. The predicted octanol–water partition coefficient (Wildman–Crippen LogP) is 3.53. The van der Waals surface area contributed by atoms with Crippen molar-refractivity contribution in [1.29, 1.82) is 0 Å². The van der Waals surface area contributed by atoms with E-state index in [1.165, 1.54) is 0 Å². The minimum absolute atomic E-state index is 0.0347. The predicted molar refractivity (Wildman–Crippen MR) is 109 cm³/mol. The van der Waals surface area contributed by atoms with Gasteiger partial charge in [-0.2, -0.15) is 0 Å². The summed E-state index contributed by atoms with van der Waals surface area (Å²) in [6, 6.07) is 13.6. The van der Waals surface area contributed by atoms with E-state index in [4.69, 9.17) is 4.74 Å². The van der Waals surface area contributed by atoms with Gasteiger partial charge in [0.1, 0.15) is 17.0 Å². The van der Waals surface area contributed by atoms with Crippen LogP contribution in [-0.2, 0) is 6.54 Å². The van der Waals surface area contributed by atoms with Crippen LogP contribution in [0.2, 0.25) is 0 Å². The van der Waals surface area contributed by atoms with Gasteiger partial charge >= 0.3 is 0 Å². The molecule has 0 bridgehead atoms. The second kappa shape index (κ2) is 8.15. The summed E-state index contributed by atoms with van der Waals surface area (Å²) in [5.74, 6) is 0.864. The fourth-order valence-corrected chi connectivity index (χ4v) is 4.25. The molecular formula is C23H27N3O2. The molecule has 1 spiro atoms. The molecule has 1 aromatic carbocycles. The van der Waals surface area contributed by atoms with E-state index in [1.807, 2.05) is 47.4 Å². The number of nitrogens with zero attached hydrogens (tertiary/aromatic N) is 3. The summed E-state index contributed by atoms with van der Waals surface area (Å²) in [5, 5.41) is 0. The number of pyridine rings is 1. The SMILES string of the molecule is C=CCN1CCCC2(CC1)CN(C(=O)c1ccccn1)Cc1ccccc1O2. The lowest BCUT2D eigenvalue weighted by molar-refractivity contribution is 0.0215. The average molecular weight is 377 g/mol. The van der Waals surface area contributed by atoms with E-state index in [9.17, 15) is 4.79 Å². The third kappa shape index (κ3) is 3.94. The maximum Gasteiger partial charge on any atom is 0.272 e. The second-order valence-corrected chi connectivity index (χ2v) is 7.71. The lowest BCUT2D eigenvalue weighted by Crippen LogP contribution is -2.48. The van der Waals surface area contributed by atoms with E-state index in [1.54, 1.807) is 12.3 Å². The van der Waals surface area contributed by atoms with Crippen LogP contribution in [0.25, 0.3) is 0 Å². The highest BCUT2D eigenvalue weighted by Crippen LogP contribution is 2.36. The van der Waals surface area contributed by atoms with Gasteiger partial charge in [0.25, 0.3) is 5.91 Å². The molecule has 0 saturated carbocycles. The summed E-state index contributed by atoms with van der Waals surface area (Å²) in [7, 11) is 0. The van der Waals surface area contributed by atoms with Gasteiger partial charge in [-0.15, -0.1) is 6.58 Å². The number of ether oxygens (including phenoxy) is 1. The number of carbonyl (C=O) groups is 1. The van der Waals surface area contributed by atoms with Crippen molar-refractivity contribution in [3.05, 3.63) is 72.6 Å². The minimum atomic E-state index is -0.368. The molecule has 1 atom stereocenters. The Bertz CT molecular complexity index is 839. The average Bonchev–Trinajstić information content (AvgIpc) is 3.02. The fraction of sp³-hybridized carbons (Fsp3) is 0.391. The van der Waals surface area contributed by atoms with Crippen LogP contribution >= 0.6 is 0 Å². The molecule has 2 aliphatic heterocycles. The van der Waals surface area contributed by atoms with Gasteiger partial charge in [-0.1, -0.05) is 30.3 Å². The van der Waals surface area contributed by atoms with Crippen molar-refractivity contribution in [2.24, 2.45) is 0 Å². The van der Waals surface area contributed by atoms with Gasteiger partial charge in [0.05, 0.1) is 6.54 Å². The molecule has 0 N–H and O–H groups in total. The summed E-state index contributed by atoms with van der Waals surface area (Å²) in [4.78, 5) is 21.8. The molecule has 1 amide bonds. The minimum Gasteiger partial charge on any atom is -0.485 e. The van der Waals surface area contributed by atoms with Crippen molar-refractivity contribution in [3.63, 3.8) is 0 Å². The van der Waals surface area contributed by atoms with Gasteiger partial charge in [0, 0.05) is 37.8 Å². The molecule has 3 heterocycles. The quantitative estimate of drug-likeness (QED) is 0.768. The van der Waals surface area contributed by atoms with Crippen molar-refractivity contribution in [1.82, 2.24) is 14.8 Å². The number of amides is 1. The smallest absolute Gasteiger partial charge is 0.272 e. The zero-order valence-corrected chi connectivity index (χ0v) is 16.2. The van der Waals surface area contributed by atoms with Crippen LogP contribution in [0, 0.1) is 0 Å². The zero-order chi connectivity index (χ0) is 19.4. The van der Waals surface area contributed by atoms with E-state index in [-0.39, 0.29) is 11.5 Å². The Labute approximate surface area is 166 Å². The van der Waals surface area contributed by atoms with Crippen LogP contribution < -0.4 is 4.74 Å². The van der Waals surface area contributed by atoms with Crippen molar-refractivity contribution in [2.45, 2.75) is 31.4 Å². The van der Waals surface area contributed by atoms with Crippen LogP contribution in [-0.4, -0.2) is 52.5 Å². The first-order valence-electron chi connectivity index (χ1n) is 10.00. The molecular weight excluding hydrogens is 350 g/mol. The summed E-state index contributed by atoms with van der Waals surface area (Å²) >= 11 is 0. The van der Waals surface area contributed by atoms with Crippen LogP contribution in [0.3, 0.4) is 0 Å². The number of aromatic nitrogens is 1. The Morgan fingerprint density at radius 2 is 2.04 bits per heavy atom. The van der Waals surface area contributed by atoms with Crippen LogP contribution in [0.1, 0.15) is 35.3 Å². The van der Waals surface area contributed by atoms with Gasteiger partial charge in [-0.05, 0) is 37.6 Å². The first-order valence-corrected chi connectivity index (χ1v) is 10.00. The number of hydrogen-bond donors (Lipinski definition) is 0. The summed E-state index contributed by atoms with van der Waals surface area (Å²) < 4.78 is 6.64. The van der Waals surface area contributed by atoms with Gasteiger partial charge < -0.3 is 9.64 Å². The topological polar surface area (TPSA) is 45.7 Å². The molecule has 146 valence electrons. The number of likely N-dealkylation sites (tertiary alicyclic amines) is 1. The molecule has 1 fully saturated rings. The van der Waals surface area contributed by atoms with Crippen molar-refractivity contribution in [3.8, 4) is 5.75 Å². The fourth-order valence-electron chi connectivity index (χ4n) is 4.25. The monoisotopic (exact) mass is 377 g/mol. The molecule has 1 aromatic heterocycles. The standard InChI is InChI=1S/C23H27N3O2/c1-2-14-25-15-7-11-23(12-16-25)18-26(22(27)20-9-5-6-13-24-20)17-19-8-3-4-10-21(19)28-23/h2-6,8-10,13H,1,7,11-12,14-18H2. The maximum atomic E-state index is 13.2. The van der Waals surface area contributed by atoms with E-state index >= 15 is 0 Å². The third-order valence-electron chi connectivity index (χ3n) is 5.69. The van der Waals surface area contributed by atoms with Crippen molar-refractivity contribution >= 4 is 5.91 Å². The number of para-hydroxylation sites is 1. The number of carbonyl (C=O) groups excluding carboxylic acids is 1. The maximum absolute atomic E-state index is 13.2. The van der Waals surface area contributed by atoms with E-state index < -0.39 is 0 Å². The molecule has 4 rings (SSSR count).